The first-order valence-electron chi connectivity index (χ1n) is 6.94. The van der Waals surface area contributed by atoms with Crippen molar-refractivity contribution in [3.8, 4) is 0 Å². The molecule has 0 spiro atoms. The van der Waals surface area contributed by atoms with E-state index in [1.807, 2.05) is 0 Å². The fourth-order valence-corrected chi connectivity index (χ4v) is 1.56. The van der Waals surface area contributed by atoms with E-state index in [1.54, 1.807) is 6.92 Å². The van der Waals surface area contributed by atoms with Gasteiger partial charge in [-0.1, -0.05) is 78.1 Å². The highest BCUT2D eigenvalue weighted by Gasteiger charge is 1.95. The molecule has 1 N–H and O–H groups in total. The van der Waals surface area contributed by atoms with Crippen LogP contribution in [-0.2, 0) is 0 Å². The van der Waals surface area contributed by atoms with Crippen LogP contribution in [0.2, 0.25) is 0 Å². The lowest BCUT2D eigenvalue weighted by Crippen LogP contribution is -1.85. The van der Waals surface area contributed by atoms with Crippen LogP contribution in [0.15, 0.2) is 0 Å². The van der Waals surface area contributed by atoms with Gasteiger partial charge in [-0.15, -0.1) is 0 Å². The number of unbranched alkanes of at least 4 members (excludes halogenated alkanes) is 3. The molecule has 1 aliphatic carbocycles. The van der Waals surface area contributed by atoms with Crippen LogP contribution < -0.4 is 0 Å². The fourth-order valence-electron chi connectivity index (χ4n) is 1.56. The topological polar surface area (TPSA) is 20.2 Å². The SMILES string of the molecule is C1CCCCC1.CCCCCC.CCO. The molecular weight excluding hydrogens is 184 g/mol. The van der Waals surface area contributed by atoms with Gasteiger partial charge in [-0.05, 0) is 6.92 Å². The maximum atomic E-state index is 7.57. The molecule has 0 aromatic carbocycles. The molecule has 1 heteroatoms. The van der Waals surface area contributed by atoms with Gasteiger partial charge in [0.2, 0.25) is 0 Å². The summed E-state index contributed by atoms with van der Waals surface area (Å²) in [4.78, 5) is 0. The maximum absolute atomic E-state index is 7.57. The Kier molecular flexibility index (Phi) is 22.6. The summed E-state index contributed by atoms with van der Waals surface area (Å²) in [6, 6.07) is 0. The Hall–Kier alpha value is -0.0400. The molecule has 94 valence electrons. The Labute approximate surface area is 97.3 Å². The van der Waals surface area contributed by atoms with Crippen molar-refractivity contribution in [3.63, 3.8) is 0 Å². The largest absolute Gasteiger partial charge is 0.397 e. The highest BCUT2D eigenvalue weighted by Crippen LogP contribution is 2.15. The first-order valence-corrected chi connectivity index (χ1v) is 6.94. The van der Waals surface area contributed by atoms with Gasteiger partial charge in [-0.2, -0.15) is 0 Å². The normalized spacial score (nSPS) is 14.4. The molecule has 0 atom stereocenters. The van der Waals surface area contributed by atoms with E-state index in [1.165, 1.54) is 64.2 Å². The van der Waals surface area contributed by atoms with Crippen LogP contribution in [0.3, 0.4) is 0 Å². The first kappa shape index (κ1) is 17.4. The van der Waals surface area contributed by atoms with E-state index >= 15 is 0 Å². The Morgan fingerprint density at radius 1 is 0.667 bits per heavy atom. The standard InChI is InChI=1S/C6H12.C6H14.C2H6O/c1-2-4-6-5-3-1;1-3-5-6-4-2;1-2-3/h1-6H2;3-6H2,1-2H3;3H,2H2,1H3. The van der Waals surface area contributed by atoms with E-state index in [2.05, 4.69) is 13.8 Å². The Morgan fingerprint density at radius 2 is 0.867 bits per heavy atom. The van der Waals surface area contributed by atoms with Crippen LogP contribution in [0.5, 0.6) is 0 Å². The summed E-state index contributed by atoms with van der Waals surface area (Å²) >= 11 is 0. The van der Waals surface area contributed by atoms with Gasteiger partial charge in [0.25, 0.3) is 0 Å². The summed E-state index contributed by atoms with van der Waals surface area (Å²) in [5.41, 5.74) is 0. The molecule has 0 radical (unpaired) electrons. The van der Waals surface area contributed by atoms with Gasteiger partial charge in [0.15, 0.2) is 0 Å². The summed E-state index contributed by atoms with van der Waals surface area (Å²) in [5, 5.41) is 7.57. The van der Waals surface area contributed by atoms with Crippen molar-refractivity contribution in [1.82, 2.24) is 0 Å². The van der Waals surface area contributed by atoms with Gasteiger partial charge in [0.05, 0.1) is 0 Å². The van der Waals surface area contributed by atoms with E-state index in [0.29, 0.717) is 0 Å². The Bertz CT molecular complexity index is 61.9. The predicted octanol–water partition coefficient (Wildman–Crippen LogP) is 4.93. The molecule has 0 aliphatic heterocycles. The molecule has 0 unspecified atom stereocenters. The van der Waals surface area contributed by atoms with Gasteiger partial charge in [0.1, 0.15) is 0 Å². The molecule has 1 nitrogen and oxygen atoms in total. The van der Waals surface area contributed by atoms with E-state index in [9.17, 15) is 0 Å². The van der Waals surface area contributed by atoms with Crippen LogP contribution in [0, 0.1) is 0 Å². The van der Waals surface area contributed by atoms with Crippen molar-refractivity contribution in [2.45, 2.75) is 85.0 Å². The number of aliphatic hydroxyl groups excluding tert-OH is 1. The number of hydrogen-bond acceptors (Lipinski definition) is 1. The van der Waals surface area contributed by atoms with Gasteiger partial charge in [-0.3, -0.25) is 0 Å². The third kappa shape index (κ3) is 24.9. The number of hydrogen-bond donors (Lipinski definition) is 1. The van der Waals surface area contributed by atoms with Crippen molar-refractivity contribution in [2.24, 2.45) is 0 Å². The van der Waals surface area contributed by atoms with E-state index in [-0.39, 0.29) is 6.61 Å². The lowest BCUT2D eigenvalue weighted by molar-refractivity contribution is 0.318. The lowest BCUT2D eigenvalue weighted by atomic mass is 10.0. The van der Waals surface area contributed by atoms with E-state index < -0.39 is 0 Å². The zero-order chi connectivity index (χ0) is 11.8. The second kappa shape index (κ2) is 19.5. The molecule has 0 heterocycles. The highest BCUT2D eigenvalue weighted by molar-refractivity contribution is 4.51. The van der Waals surface area contributed by atoms with Crippen LogP contribution in [-0.4, -0.2) is 11.7 Å². The molecule has 1 aliphatic rings. The maximum Gasteiger partial charge on any atom is 0.0402 e. The minimum atomic E-state index is 0.250. The minimum Gasteiger partial charge on any atom is -0.397 e. The monoisotopic (exact) mass is 216 g/mol. The van der Waals surface area contributed by atoms with Gasteiger partial charge in [-0.25, -0.2) is 0 Å². The van der Waals surface area contributed by atoms with Gasteiger partial charge >= 0.3 is 0 Å². The second-order valence-corrected chi connectivity index (χ2v) is 4.14. The molecular formula is C14H32O. The molecule has 0 amide bonds. The average Bonchev–Trinajstić information content (AvgIpc) is 2.30. The van der Waals surface area contributed by atoms with Gasteiger partial charge in [0, 0.05) is 6.61 Å². The fraction of sp³-hybridized carbons (Fsp3) is 1.00. The number of rotatable bonds is 3. The van der Waals surface area contributed by atoms with Crippen LogP contribution in [0.25, 0.3) is 0 Å². The smallest absolute Gasteiger partial charge is 0.0402 e. The molecule has 0 saturated heterocycles. The molecule has 1 fully saturated rings. The quantitative estimate of drug-likeness (QED) is 0.663. The molecule has 0 aromatic rings. The average molecular weight is 216 g/mol. The summed E-state index contributed by atoms with van der Waals surface area (Å²) in [6.45, 7) is 6.39. The Balaban J connectivity index is 0. The third-order valence-electron chi connectivity index (χ3n) is 2.46. The predicted molar refractivity (Wildman–Crippen MR) is 70.3 cm³/mol. The summed E-state index contributed by atoms with van der Waals surface area (Å²) in [7, 11) is 0. The Morgan fingerprint density at radius 3 is 1.00 bits per heavy atom. The van der Waals surface area contributed by atoms with Crippen molar-refractivity contribution in [1.29, 1.82) is 0 Å². The second-order valence-electron chi connectivity index (χ2n) is 4.14. The van der Waals surface area contributed by atoms with Crippen LogP contribution in [0.4, 0.5) is 0 Å². The summed E-state index contributed by atoms with van der Waals surface area (Å²) in [6.07, 6.45) is 14.5. The van der Waals surface area contributed by atoms with Crippen LogP contribution in [0.1, 0.15) is 85.0 Å². The molecule has 0 aromatic heterocycles. The van der Waals surface area contributed by atoms with Crippen molar-refractivity contribution in [2.75, 3.05) is 6.61 Å². The molecule has 15 heavy (non-hydrogen) atoms. The van der Waals surface area contributed by atoms with Gasteiger partial charge < -0.3 is 5.11 Å². The van der Waals surface area contributed by atoms with E-state index in [0.717, 1.165) is 0 Å². The zero-order valence-corrected chi connectivity index (χ0v) is 11.2. The highest BCUT2D eigenvalue weighted by atomic mass is 16.2. The molecule has 1 rings (SSSR count). The lowest BCUT2D eigenvalue weighted by Gasteiger charge is -2.05. The zero-order valence-electron chi connectivity index (χ0n) is 11.2. The summed E-state index contributed by atoms with van der Waals surface area (Å²) in [5.74, 6) is 0. The van der Waals surface area contributed by atoms with Crippen LogP contribution >= 0.6 is 0 Å². The van der Waals surface area contributed by atoms with Crippen molar-refractivity contribution in [3.05, 3.63) is 0 Å². The molecule has 1 saturated carbocycles. The number of aliphatic hydroxyl groups is 1. The van der Waals surface area contributed by atoms with Crippen molar-refractivity contribution >= 4 is 0 Å². The van der Waals surface area contributed by atoms with E-state index in [4.69, 9.17) is 5.11 Å². The summed E-state index contributed by atoms with van der Waals surface area (Å²) < 4.78 is 0. The first-order chi connectivity index (χ1) is 7.33. The van der Waals surface area contributed by atoms with Crippen molar-refractivity contribution < 1.29 is 5.11 Å². The molecule has 0 bridgehead atoms. The minimum absolute atomic E-state index is 0.250. The third-order valence-corrected chi connectivity index (χ3v) is 2.46.